The minimum atomic E-state index is 0.408. The first-order chi connectivity index (χ1) is 10.3. The summed E-state index contributed by atoms with van der Waals surface area (Å²) in [4.78, 5) is 4.98. The lowest BCUT2D eigenvalue weighted by Crippen LogP contribution is -2.58. The molecule has 3 rings (SSSR count). The van der Waals surface area contributed by atoms with E-state index in [1.165, 1.54) is 45.1 Å². The van der Waals surface area contributed by atoms with Gasteiger partial charge in [-0.1, -0.05) is 19.8 Å². The third-order valence-electron chi connectivity index (χ3n) is 5.39. The van der Waals surface area contributed by atoms with Crippen molar-refractivity contribution in [3.63, 3.8) is 0 Å². The Morgan fingerprint density at radius 1 is 1.19 bits per heavy atom. The van der Waals surface area contributed by atoms with Crippen molar-refractivity contribution in [1.29, 1.82) is 0 Å². The summed E-state index contributed by atoms with van der Waals surface area (Å²) in [5, 5.41) is 4.51. The van der Waals surface area contributed by atoms with Crippen molar-refractivity contribution in [3.8, 4) is 0 Å². The van der Waals surface area contributed by atoms with E-state index in [4.69, 9.17) is 17.0 Å². The molecule has 0 bridgehead atoms. The number of morpholine rings is 1. The minimum Gasteiger partial charge on any atom is -0.374 e. The highest BCUT2D eigenvalue weighted by molar-refractivity contribution is 7.80. The molecule has 2 aliphatic heterocycles. The van der Waals surface area contributed by atoms with Crippen LogP contribution in [0.2, 0.25) is 0 Å². The Labute approximate surface area is 134 Å². The van der Waals surface area contributed by atoms with Crippen LogP contribution in [0.25, 0.3) is 0 Å². The molecule has 0 aromatic carbocycles. The molecule has 5 heteroatoms. The monoisotopic (exact) mass is 311 g/mol. The van der Waals surface area contributed by atoms with Gasteiger partial charge >= 0.3 is 0 Å². The molecule has 21 heavy (non-hydrogen) atoms. The van der Waals surface area contributed by atoms with Crippen molar-refractivity contribution in [1.82, 2.24) is 15.1 Å². The number of nitrogens with zero attached hydrogens (tertiary/aromatic N) is 2. The van der Waals surface area contributed by atoms with E-state index in [0.717, 1.165) is 31.4 Å². The molecular weight excluding hydrogens is 282 g/mol. The number of likely N-dealkylation sites (N-methyl/N-ethyl adjacent to an activating group) is 1. The first-order valence-corrected chi connectivity index (χ1v) is 9.10. The molecule has 120 valence electrons. The van der Waals surface area contributed by atoms with E-state index in [1.54, 1.807) is 0 Å². The second kappa shape index (κ2) is 7.25. The molecule has 3 aliphatic rings. The lowest BCUT2D eigenvalue weighted by molar-refractivity contribution is -0.0639. The number of hydrogen-bond acceptors (Lipinski definition) is 3. The molecule has 0 unspecified atom stereocenters. The fourth-order valence-corrected chi connectivity index (χ4v) is 4.51. The molecule has 3 fully saturated rings. The van der Waals surface area contributed by atoms with Crippen molar-refractivity contribution >= 4 is 17.3 Å². The normalized spacial score (nSPS) is 33.8. The molecule has 0 spiro atoms. The van der Waals surface area contributed by atoms with Crippen LogP contribution in [-0.2, 0) is 4.74 Å². The van der Waals surface area contributed by atoms with Gasteiger partial charge in [0, 0.05) is 19.1 Å². The van der Waals surface area contributed by atoms with Gasteiger partial charge in [-0.15, -0.1) is 0 Å². The second-order valence-electron chi connectivity index (χ2n) is 6.57. The fourth-order valence-electron chi connectivity index (χ4n) is 4.20. The summed E-state index contributed by atoms with van der Waals surface area (Å²) in [6, 6.07) is 1.18. The van der Waals surface area contributed by atoms with Crippen LogP contribution < -0.4 is 5.32 Å². The van der Waals surface area contributed by atoms with E-state index in [2.05, 4.69) is 22.0 Å². The summed E-state index contributed by atoms with van der Waals surface area (Å²) in [7, 11) is 0. The third kappa shape index (κ3) is 3.51. The topological polar surface area (TPSA) is 27.7 Å². The maximum absolute atomic E-state index is 5.94. The Morgan fingerprint density at radius 2 is 2.05 bits per heavy atom. The van der Waals surface area contributed by atoms with Crippen LogP contribution in [0, 0.1) is 0 Å². The molecule has 2 saturated heterocycles. The third-order valence-corrected chi connectivity index (χ3v) is 5.77. The quantitative estimate of drug-likeness (QED) is 0.805. The van der Waals surface area contributed by atoms with E-state index in [0.29, 0.717) is 18.2 Å². The van der Waals surface area contributed by atoms with Gasteiger partial charge in [0.15, 0.2) is 5.11 Å². The van der Waals surface area contributed by atoms with Gasteiger partial charge < -0.3 is 15.0 Å². The van der Waals surface area contributed by atoms with Crippen LogP contribution in [0.1, 0.15) is 45.4 Å². The summed E-state index contributed by atoms with van der Waals surface area (Å²) < 4.78 is 5.94. The number of fused-ring (bicyclic) bond motifs is 1. The Kier molecular flexibility index (Phi) is 5.35. The van der Waals surface area contributed by atoms with Crippen LogP contribution >= 0.6 is 12.2 Å². The smallest absolute Gasteiger partial charge is 0.169 e. The van der Waals surface area contributed by atoms with Gasteiger partial charge in [-0.25, -0.2) is 0 Å². The number of nitrogens with one attached hydrogen (secondary N) is 1. The summed E-state index contributed by atoms with van der Waals surface area (Å²) in [6.45, 7) is 7.44. The Balaban J connectivity index is 1.52. The largest absolute Gasteiger partial charge is 0.374 e. The zero-order valence-electron chi connectivity index (χ0n) is 13.2. The molecule has 1 saturated carbocycles. The molecule has 1 N–H and O–H groups in total. The van der Waals surface area contributed by atoms with E-state index in [9.17, 15) is 0 Å². The fraction of sp³-hybridized carbons (Fsp3) is 0.938. The molecule has 0 aromatic rings. The van der Waals surface area contributed by atoms with Gasteiger partial charge in [0.1, 0.15) is 0 Å². The first-order valence-electron chi connectivity index (χ1n) is 8.69. The molecule has 4 nitrogen and oxygen atoms in total. The van der Waals surface area contributed by atoms with Crippen molar-refractivity contribution < 1.29 is 4.74 Å². The standard InChI is InChI=1S/C16H29N3OS/c1-2-18-9-5-6-13(18)12-17-16(21)19-10-11-20-15-8-4-3-7-14(15)19/h13-15H,2-12H2,1H3,(H,17,21)/t13-,14-,15-/m1/s1. The van der Waals surface area contributed by atoms with Crippen molar-refractivity contribution in [3.05, 3.63) is 0 Å². The SMILES string of the molecule is CCN1CCC[C@@H]1CNC(=S)N1CCO[C@@H]2CCCC[C@H]21. The zero-order valence-corrected chi connectivity index (χ0v) is 14.0. The van der Waals surface area contributed by atoms with E-state index >= 15 is 0 Å². The van der Waals surface area contributed by atoms with Gasteiger partial charge in [0.2, 0.25) is 0 Å². The maximum atomic E-state index is 5.94. The first kappa shape index (κ1) is 15.5. The van der Waals surface area contributed by atoms with Gasteiger partial charge in [-0.05, 0) is 51.0 Å². The van der Waals surface area contributed by atoms with Crippen LogP contribution in [-0.4, -0.2) is 65.9 Å². The minimum absolute atomic E-state index is 0.408. The van der Waals surface area contributed by atoms with Crippen LogP contribution in [0.4, 0.5) is 0 Å². The number of hydrogen-bond donors (Lipinski definition) is 1. The summed E-state index contributed by atoms with van der Waals surface area (Å²) in [5.41, 5.74) is 0. The Morgan fingerprint density at radius 3 is 2.90 bits per heavy atom. The highest BCUT2D eigenvalue weighted by atomic mass is 32.1. The van der Waals surface area contributed by atoms with Gasteiger partial charge in [-0.2, -0.15) is 0 Å². The highest BCUT2D eigenvalue weighted by Crippen LogP contribution is 2.28. The van der Waals surface area contributed by atoms with Gasteiger partial charge in [0.25, 0.3) is 0 Å². The predicted octanol–water partition coefficient (Wildman–Crippen LogP) is 1.99. The number of thiocarbonyl (C=S) groups is 1. The van der Waals surface area contributed by atoms with Crippen molar-refractivity contribution in [2.75, 3.05) is 32.8 Å². The number of ether oxygens (including phenoxy) is 1. The average molecular weight is 311 g/mol. The molecule has 1 aliphatic carbocycles. The molecular formula is C16H29N3OS. The van der Waals surface area contributed by atoms with Crippen LogP contribution in [0.5, 0.6) is 0 Å². The van der Waals surface area contributed by atoms with Gasteiger partial charge in [-0.3, -0.25) is 4.90 Å². The Hall–Kier alpha value is -0.390. The lowest BCUT2D eigenvalue weighted by Gasteiger charge is -2.45. The van der Waals surface area contributed by atoms with Crippen molar-refractivity contribution in [2.24, 2.45) is 0 Å². The van der Waals surface area contributed by atoms with Gasteiger partial charge in [0.05, 0.1) is 18.8 Å². The molecule has 0 aromatic heterocycles. The molecule has 3 atom stereocenters. The average Bonchev–Trinajstić information content (AvgIpc) is 2.99. The summed E-state index contributed by atoms with van der Waals surface area (Å²) in [6.07, 6.45) is 8.10. The zero-order chi connectivity index (χ0) is 14.7. The highest BCUT2D eigenvalue weighted by Gasteiger charge is 2.35. The number of likely N-dealkylation sites (tertiary alicyclic amines) is 1. The van der Waals surface area contributed by atoms with Crippen LogP contribution in [0.15, 0.2) is 0 Å². The summed E-state index contributed by atoms with van der Waals surface area (Å²) in [5.74, 6) is 0. The molecule has 0 amide bonds. The van der Waals surface area contributed by atoms with E-state index in [1.807, 2.05) is 0 Å². The predicted molar refractivity (Wildman–Crippen MR) is 89.6 cm³/mol. The van der Waals surface area contributed by atoms with E-state index in [-0.39, 0.29) is 0 Å². The van der Waals surface area contributed by atoms with Crippen LogP contribution in [0.3, 0.4) is 0 Å². The lowest BCUT2D eigenvalue weighted by atomic mass is 9.90. The second-order valence-corrected chi connectivity index (χ2v) is 6.95. The van der Waals surface area contributed by atoms with Crippen molar-refractivity contribution in [2.45, 2.75) is 63.6 Å². The maximum Gasteiger partial charge on any atom is 0.169 e. The summed E-state index contributed by atoms with van der Waals surface area (Å²) >= 11 is 5.69. The van der Waals surface area contributed by atoms with E-state index < -0.39 is 0 Å². The molecule has 2 heterocycles. The molecule has 0 radical (unpaired) electrons. The number of rotatable bonds is 3. The Bertz CT molecular complexity index is 363.